The topological polar surface area (TPSA) is 75.0 Å². The number of aromatic amines is 1. The molecule has 3 heterocycles. The molecule has 0 atom stereocenters. The third kappa shape index (κ3) is 4.24. The van der Waals surface area contributed by atoms with Crippen LogP contribution in [-0.2, 0) is 13.1 Å². The van der Waals surface area contributed by atoms with Crippen LogP contribution in [0.15, 0.2) is 82.5 Å². The van der Waals surface area contributed by atoms with Crippen LogP contribution in [0.2, 0.25) is 0 Å². The maximum atomic E-state index is 12.1. The second-order valence-electron chi connectivity index (χ2n) is 6.67. The highest BCUT2D eigenvalue weighted by atomic mass is 16.3. The van der Waals surface area contributed by atoms with Crippen molar-refractivity contribution in [2.45, 2.75) is 13.1 Å². The van der Waals surface area contributed by atoms with Crippen molar-refractivity contribution in [3.63, 3.8) is 0 Å². The van der Waals surface area contributed by atoms with Crippen LogP contribution in [0.5, 0.6) is 0 Å². The van der Waals surface area contributed by atoms with Crippen LogP contribution in [0, 0.1) is 0 Å². The van der Waals surface area contributed by atoms with Gasteiger partial charge in [0.2, 0.25) is 0 Å². The van der Waals surface area contributed by atoms with E-state index in [4.69, 9.17) is 4.42 Å². The van der Waals surface area contributed by atoms with Crippen LogP contribution in [0.25, 0.3) is 22.6 Å². The summed E-state index contributed by atoms with van der Waals surface area (Å²) >= 11 is 0. The van der Waals surface area contributed by atoms with Crippen molar-refractivity contribution in [1.29, 1.82) is 0 Å². The van der Waals surface area contributed by atoms with Gasteiger partial charge in [-0.15, -0.1) is 0 Å². The van der Waals surface area contributed by atoms with Gasteiger partial charge in [0.15, 0.2) is 0 Å². The van der Waals surface area contributed by atoms with E-state index in [2.05, 4.69) is 19.9 Å². The number of hydrogen-bond acceptors (Lipinski definition) is 5. The molecule has 0 fully saturated rings. The monoisotopic (exact) mass is 372 g/mol. The zero-order valence-electron chi connectivity index (χ0n) is 15.5. The molecule has 0 aliphatic carbocycles. The number of aromatic nitrogens is 3. The lowest BCUT2D eigenvalue weighted by Crippen LogP contribution is -2.16. The van der Waals surface area contributed by atoms with Crippen molar-refractivity contribution in [3.8, 4) is 22.6 Å². The first-order chi connectivity index (χ1) is 13.7. The molecule has 140 valence electrons. The number of rotatable bonds is 6. The van der Waals surface area contributed by atoms with E-state index in [1.54, 1.807) is 18.7 Å². The molecule has 0 amide bonds. The molecule has 6 nitrogen and oxygen atoms in total. The number of pyridine rings is 1. The van der Waals surface area contributed by atoms with Crippen molar-refractivity contribution >= 4 is 0 Å². The lowest BCUT2D eigenvalue weighted by Gasteiger charge is -2.15. The van der Waals surface area contributed by atoms with Gasteiger partial charge in [-0.05, 0) is 36.9 Å². The molecule has 3 aromatic heterocycles. The molecule has 4 rings (SSSR count). The van der Waals surface area contributed by atoms with Crippen LogP contribution >= 0.6 is 0 Å². The van der Waals surface area contributed by atoms with Crippen molar-refractivity contribution in [2.24, 2.45) is 0 Å². The Hall–Kier alpha value is -3.51. The van der Waals surface area contributed by atoms with Crippen molar-refractivity contribution in [2.75, 3.05) is 7.05 Å². The van der Waals surface area contributed by atoms with Crippen molar-refractivity contribution in [1.82, 2.24) is 19.9 Å². The zero-order valence-corrected chi connectivity index (χ0v) is 15.5. The zero-order chi connectivity index (χ0) is 19.3. The fraction of sp³-hybridized carbons (Fsp3) is 0.136. The first kappa shape index (κ1) is 17.9. The average molecular weight is 372 g/mol. The van der Waals surface area contributed by atoms with Gasteiger partial charge in [0.25, 0.3) is 5.56 Å². The number of hydrogen-bond donors (Lipinski definition) is 1. The SMILES string of the molecule is CN(Cc1ccc(-c2nc(-c3cccnc3)cc(=O)[nH]2)cc1)Cc1ccco1. The van der Waals surface area contributed by atoms with Gasteiger partial charge >= 0.3 is 0 Å². The van der Waals surface area contributed by atoms with Gasteiger partial charge in [-0.2, -0.15) is 0 Å². The van der Waals surface area contributed by atoms with Crippen molar-refractivity contribution < 1.29 is 4.42 Å². The van der Waals surface area contributed by atoms with E-state index < -0.39 is 0 Å². The molecule has 4 aromatic rings. The molecule has 0 bridgehead atoms. The maximum Gasteiger partial charge on any atom is 0.251 e. The second-order valence-corrected chi connectivity index (χ2v) is 6.67. The van der Waals surface area contributed by atoms with E-state index in [-0.39, 0.29) is 5.56 Å². The minimum absolute atomic E-state index is 0.189. The molecule has 0 radical (unpaired) electrons. The fourth-order valence-corrected chi connectivity index (χ4v) is 3.06. The van der Waals surface area contributed by atoms with Gasteiger partial charge in [0.05, 0.1) is 18.5 Å². The summed E-state index contributed by atoms with van der Waals surface area (Å²) in [6.07, 6.45) is 5.08. The summed E-state index contributed by atoms with van der Waals surface area (Å²) in [5.74, 6) is 1.48. The minimum atomic E-state index is -0.189. The Labute approximate surface area is 162 Å². The van der Waals surface area contributed by atoms with Crippen LogP contribution in [-0.4, -0.2) is 26.9 Å². The summed E-state index contributed by atoms with van der Waals surface area (Å²) in [7, 11) is 2.05. The predicted octanol–water partition coefficient (Wildman–Crippen LogP) is 3.72. The molecule has 6 heteroatoms. The van der Waals surface area contributed by atoms with Gasteiger partial charge in [0.1, 0.15) is 11.6 Å². The second kappa shape index (κ2) is 8.02. The Morgan fingerprint density at radius 2 is 1.89 bits per heavy atom. The highest BCUT2D eigenvalue weighted by molar-refractivity contribution is 5.62. The first-order valence-corrected chi connectivity index (χ1v) is 8.99. The lowest BCUT2D eigenvalue weighted by atomic mass is 10.1. The molecule has 1 N–H and O–H groups in total. The molecule has 0 spiro atoms. The Balaban J connectivity index is 1.52. The first-order valence-electron chi connectivity index (χ1n) is 8.99. The molecule has 0 aliphatic heterocycles. The van der Waals surface area contributed by atoms with Crippen molar-refractivity contribution in [3.05, 3.63) is 94.9 Å². The average Bonchev–Trinajstić information content (AvgIpc) is 3.21. The summed E-state index contributed by atoms with van der Waals surface area (Å²) in [5.41, 5.74) is 3.26. The maximum absolute atomic E-state index is 12.1. The van der Waals surface area contributed by atoms with Gasteiger partial charge < -0.3 is 9.40 Å². The predicted molar refractivity (Wildman–Crippen MR) is 107 cm³/mol. The molecular formula is C22H20N4O2. The molecule has 0 saturated heterocycles. The van der Waals surface area contributed by atoms with Gasteiger partial charge in [0, 0.05) is 36.1 Å². The Bertz CT molecular complexity index is 1090. The summed E-state index contributed by atoms with van der Waals surface area (Å²) < 4.78 is 5.39. The smallest absolute Gasteiger partial charge is 0.251 e. The van der Waals surface area contributed by atoms with Crippen LogP contribution in [0.1, 0.15) is 11.3 Å². The highest BCUT2D eigenvalue weighted by Crippen LogP contribution is 2.20. The molecule has 0 saturated carbocycles. The quantitative estimate of drug-likeness (QED) is 0.558. The minimum Gasteiger partial charge on any atom is -0.468 e. The third-order valence-electron chi connectivity index (χ3n) is 4.38. The molecule has 0 aliphatic rings. The van der Waals surface area contributed by atoms with Gasteiger partial charge in [-0.3, -0.25) is 14.7 Å². The summed E-state index contributed by atoms with van der Waals surface area (Å²) in [5, 5.41) is 0. The fourth-order valence-electron chi connectivity index (χ4n) is 3.06. The summed E-state index contributed by atoms with van der Waals surface area (Å²) in [6, 6.07) is 17.1. The molecule has 0 unspecified atom stereocenters. The van der Waals surface area contributed by atoms with E-state index in [9.17, 15) is 4.79 Å². The molecular weight excluding hydrogens is 352 g/mol. The number of furan rings is 1. The lowest BCUT2D eigenvalue weighted by molar-refractivity contribution is 0.288. The Morgan fingerprint density at radius 1 is 1.04 bits per heavy atom. The number of H-pyrrole nitrogens is 1. The third-order valence-corrected chi connectivity index (χ3v) is 4.38. The number of benzene rings is 1. The van der Waals surface area contributed by atoms with Gasteiger partial charge in [-0.1, -0.05) is 24.3 Å². The Morgan fingerprint density at radius 3 is 2.61 bits per heavy atom. The van der Waals surface area contributed by atoms with E-state index in [0.29, 0.717) is 11.5 Å². The van der Waals surface area contributed by atoms with E-state index >= 15 is 0 Å². The number of nitrogens with one attached hydrogen (secondary N) is 1. The normalized spacial score (nSPS) is 11.1. The van der Waals surface area contributed by atoms with Gasteiger partial charge in [-0.25, -0.2) is 4.98 Å². The molecule has 1 aromatic carbocycles. The number of nitrogens with zero attached hydrogens (tertiary/aromatic N) is 3. The van der Waals surface area contributed by atoms with E-state index in [1.165, 1.54) is 11.6 Å². The van der Waals surface area contributed by atoms with Crippen LogP contribution in [0.4, 0.5) is 0 Å². The molecule has 28 heavy (non-hydrogen) atoms. The summed E-state index contributed by atoms with van der Waals surface area (Å²) in [6.45, 7) is 1.54. The Kier molecular flexibility index (Phi) is 5.12. The van der Waals surface area contributed by atoms with Crippen LogP contribution < -0.4 is 5.56 Å². The standard InChI is InChI=1S/C22H20N4O2/c1-26(15-19-5-3-11-28-19)14-16-6-8-17(9-7-16)22-24-20(12-21(27)25-22)18-4-2-10-23-13-18/h2-13H,14-15H2,1H3,(H,24,25,27). The van der Waals surface area contributed by atoms with E-state index in [0.717, 1.165) is 30.0 Å². The largest absolute Gasteiger partial charge is 0.468 e. The summed E-state index contributed by atoms with van der Waals surface area (Å²) in [4.78, 5) is 25.8. The van der Waals surface area contributed by atoms with Crippen LogP contribution in [0.3, 0.4) is 0 Å². The highest BCUT2D eigenvalue weighted by Gasteiger charge is 2.08. The van der Waals surface area contributed by atoms with E-state index in [1.807, 2.05) is 55.6 Å².